The average molecular weight is 294 g/mol. The summed E-state index contributed by atoms with van der Waals surface area (Å²) in [4.78, 5) is 22.9. The fourth-order valence-electron chi connectivity index (χ4n) is 1.48. The lowest BCUT2D eigenvalue weighted by Crippen LogP contribution is -2.48. The predicted molar refractivity (Wildman–Crippen MR) is 71.7 cm³/mol. The zero-order chi connectivity index (χ0) is 15.1. The van der Waals surface area contributed by atoms with Gasteiger partial charge in [-0.2, -0.15) is 0 Å². The van der Waals surface area contributed by atoms with Crippen molar-refractivity contribution in [3.05, 3.63) is 0 Å². The summed E-state index contributed by atoms with van der Waals surface area (Å²) in [6.45, 7) is 7.16. The molecule has 7 nitrogen and oxygen atoms in total. The van der Waals surface area contributed by atoms with Gasteiger partial charge in [-0.25, -0.2) is 0 Å². The molecule has 0 aromatic heterocycles. The van der Waals surface area contributed by atoms with E-state index in [0.29, 0.717) is 0 Å². The molecular weight excluding hydrogens is 271 g/mol. The molecule has 3 N–H and O–H groups in total. The lowest BCUT2D eigenvalue weighted by molar-refractivity contribution is -0.127. The average Bonchev–Trinajstić information content (AvgIpc) is 2.25. The molecule has 1 atom stereocenters. The fourth-order valence-corrected chi connectivity index (χ4v) is 2.97. The van der Waals surface area contributed by atoms with Crippen molar-refractivity contribution in [2.75, 3.05) is 19.4 Å². The molecule has 0 aliphatic rings. The summed E-state index contributed by atoms with van der Waals surface area (Å²) in [5, 5.41) is 2.44. The third-order valence-corrected chi connectivity index (χ3v) is 4.26. The van der Waals surface area contributed by atoms with Crippen molar-refractivity contribution in [2.45, 2.75) is 33.7 Å². The van der Waals surface area contributed by atoms with Crippen molar-refractivity contribution < 1.29 is 23.2 Å². The van der Waals surface area contributed by atoms with E-state index >= 15 is 0 Å². The number of rotatable bonds is 9. The van der Waals surface area contributed by atoms with Gasteiger partial charge in [0, 0.05) is 0 Å². The van der Waals surface area contributed by atoms with Crippen LogP contribution in [0.25, 0.3) is 0 Å². The Balaban J connectivity index is 4.65. The Bertz CT molecular complexity index is 349. The van der Waals surface area contributed by atoms with Crippen LogP contribution in [-0.2, 0) is 23.2 Å². The summed E-state index contributed by atoms with van der Waals surface area (Å²) in [5.41, 5.74) is 5.18. The number of hydrogen-bond donors (Lipinski definition) is 2. The maximum Gasteiger partial charge on any atom is 0.340 e. The molecular formula is C11H23N2O5P. The Morgan fingerprint density at radius 3 is 2.00 bits per heavy atom. The lowest BCUT2D eigenvalue weighted by Gasteiger charge is -2.21. The molecule has 0 saturated carbocycles. The third kappa shape index (κ3) is 6.71. The van der Waals surface area contributed by atoms with Gasteiger partial charge in [0.15, 0.2) is 0 Å². The maximum absolute atomic E-state index is 12.1. The molecule has 0 bridgehead atoms. The molecule has 0 spiro atoms. The van der Waals surface area contributed by atoms with Crippen LogP contribution >= 0.6 is 7.60 Å². The van der Waals surface area contributed by atoms with Gasteiger partial charge in [0.05, 0.1) is 13.2 Å². The van der Waals surface area contributed by atoms with Crippen molar-refractivity contribution in [3.63, 3.8) is 0 Å². The first-order valence-corrected chi connectivity index (χ1v) is 7.95. The van der Waals surface area contributed by atoms with Crippen molar-refractivity contribution in [3.8, 4) is 0 Å². The topological polar surface area (TPSA) is 108 Å². The zero-order valence-corrected chi connectivity index (χ0v) is 12.7. The summed E-state index contributed by atoms with van der Waals surface area (Å²) < 4.78 is 22.1. The molecule has 0 aliphatic heterocycles. The molecule has 0 rings (SSSR count). The van der Waals surface area contributed by atoms with E-state index in [1.807, 2.05) is 0 Å². The van der Waals surface area contributed by atoms with E-state index in [1.54, 1.807) is 27.7 Å². The summed E-state index contributed by atoms with van der Waals surface area (Å²) in [6.07, 6.45) is -0.425. The Kier molecular flexibility index (Phi) is 7.90. The minimum absolute atomic E-state index is 0.153. The van der Waals surface area contributed by atoms with Crippen LogP contribution in [0.15, 0.2) is 0 Å². The van der Waals surface area contributed by atoms with E-state index in [1.165, 1.54) is 0 Å². The van der Waals surface area contributed by atoms with Gasteiger partial charge < -0.3 is 20.1 Å². The number of nitrogens with one attached hydrogen (secondary N) is 1. The number of carbonyl (C=O) groups is 2. The van der Waals surface area contributed by atoms with E-state index < -0.39 is 31.6 Å². The fraction of sp³-hybridized carbons (Fsp3) is 0.818. The van der Waals surface area contributed by atoms with E-state index in [4.69, 9.17) is 14.8 Å². The van der Waals surface area contributed by atoms with Crippen LogP contribution in [0.5, 0.6) is 0 Å². The van der Waals surface area contributed by atoms with Gasteiger partial charge >= 0.3 is 7.60 Å². The van der Waals surface area contributed by atoms with Gasteiger partial charge in [-0.1, -0.05) is 13.8 Å². The largest absolute Gasteiger partial charge is 0.368 e. The van der Waals surface area contributed by atoms with E-state index in [9.17, 15) is 14.2 Å². The van der Waals surface area contributed by atoms with Crippen LogP contribution in [0.1, 0.15) is 27.7 Å². The molecule has 0 aromatic rings. The number of primary amides is 1. The monoisotopic (exact) mass is 294 g/mol. The van der Waals surface area contributed by atoms with E-state index in [2.05, 4.69) is 5.32 Å². The summed E-state index contributed by atoms with van der Waals surface area (Å²) in [7, 11) is -3.46. The van der Waals surface area contributed by atoms with Crippen molar-refractivity contribution in [1.29, 1.82) is 0 Å². The second-order valence-electron chi connectivity index (χ2n) is 4.30. The van der Waals surface area contributed by atoms with Crippen LogP contribution < -0.4 is 11.1 Å². The van der Waals surface area contributed by atoms with Gasteiger partial charge in [0.1, 0.15) is 12.2 Å². The highest BCUT2D eigenvalue weighted by atomic mass is 31.2. The molecule has 0 aliphatic carbocycles. The van der Waals surface area contributed by atoms with Crippen molar-refractivity contribution >= 4 is 19.4 Å². The van der Waals surface area contributed by atoms with Crippen LogP contribution in [0.2, 0.25) is 0 Å². The molecule has 0 saturated heterocycles. The third-order valence-electron chi connectivity index (χ3n) is 2.28. The molecule has 19 heavy (non-hydrogen) atoms. The van der Waals surface area contributed by atoms with Crippen molar-refractivity contribution in [1.82, 2.24) is 5.32 Å². The minimum Gasteiger partial charge on any atom is -0.368 e. The zero-order valence-electron chi connectivity index (χ0n) is 11.8. The first-order valence-electron chi connectivity index (χ1n) is 6.22. The molecule has 112 valence electrons. The Hall–Kier alpha value is -0.910. The summed E-state index contributed by atoms with van der Waals surface area (Å²) in [5.74, 6) is -1.37. The molecule has 0 heterocycles. The van der Waals surface area contributed by atoms with Gasteiger partial charge in [-0.05, 0) is 19.8 Å². The number of amides is 2. The van der Waals surface area contributed by atoms with Crippen LogP contribution in [0.4, 0.5) is 0 Å². The van der Waals surface area contributed by atoms with Crippen LogP contribution in [0.3, 0.4) is 0 Å². The Labute approximate surface area is 113 Å². The lowest BCUT2D eigenvalue weighted by atomic mass is 10.0. The van der Waals surface area contributed by atoms with Gasteiger partial charge in [0.25, 0.3) is 0 Å². The second kappa shape index (κ2) is 8.30. The number of hydrogen-bond acceptors (Lipinski definition) is 5. The highest BCUT2D eigenvalue weighted by Crippen LogP contribution is 2.47. The quantitative estimate of drug-likeness (QED) is 0.614. The Morgan fingerprint density at radius 1 is 1.21 bits per heavy atom. The SMILES string of the molecule is CCOP(=O)(CC(=O)N[C@H](C(N)=O)C(C)C)OCC. The smallest absolute Gasteiger partial charge is 0.340 e. The minimum atomic E-state index is -3.46. The first kappa shape index (κ1) is 18.1. The maximum atomic E-state index is 12.1. The number of carbonyl (C=O) groups excluding carboxylic acids is 2. The van der Waals surface area contributed by atoms with Crippen molar-refractivity contribution in [2.24, 2.45) is 11.7 Å². The molecule has 0 radical (unpaired) electrons. The molecule has 0 unspecified atom stereocenters. The standard InChI is InChI=1S/C11H23N2O5P/c1-5-17-19(16,18-6-2)7-9(14)13-10(8(3)4)11(12)15/h8,10H,5-7H2,1-4H3,(H2,12,15)(H,13,14)/t10-/m0/s1. The van der Waals surface area contributed by atoms with E-state index in [0.717, 1.165) is 0 Å². The summed E-state index contributed by atoms with van der Waals surface area (Å²) >= 11 is 0. The van der Waals surface area contributed by atoms with Gasteiger partial charge in [-0.15, -0.1) is 0 Å². The van der Waals surface area contributed by atoms with Gasteiger partial charge in [-0.3, -0.25) is 14.2 Å². The Morgan fingerprint density at radius 2 is 1.68 bits per heavy atom. The normalized spacial score (nSPS) is 13.3. The van der Waals surface area contributed by atoms with E-state index in [-0.39, 0.29) is 19.1 Å². The second-order valence-corrected chi connectivity index (χ2v) is 6.35. The van der Waals surface area contributed by atoms with Crippen LogP contribution in [0, 0.1) is 5.92 Å². The molecule has 8 heteroatoms. The first-order chi connectivity index (χ1) is 8.75. The summed E-state index contributed by atoms with van der Waals surface area (Å²) in [6, 6.07) is -0.802. The highest BCUT2D eigenvalue weighted by molar-refractivity contribution is 7.54. The molecule has 2 amide bonds. The van der Waals surface area contributed by atoms with Crippen LogP contribution in [-0.4, -0.2) is 37.2 Å². The van der Waals surface area contributed by atoms with Gasteiger partial charge in [0.2, 0.25) is 11.8 Å². The number of nitrogens with two attached hydrogens (primary N) is 1. The molecule has 0 fully saturated rings. The predicted octanol–water partition coefficient (Wildman–Crippen LogP) is 0.879. The molecule has 0 aromatic carbocycles. The highest BCUT2D eigenvalue weighted by Gasteiger charge is 2.30.